The standard InChI is InChI=1S/C13H19NO3/c1-4-5-13(15)14-9-10-6-7-11(16-2)8-12(10)17-3/h6-8H,4-5,9H2,1-3H3,(H,14,15). The predicted octanol–water partition coefficient (Wildman–Crippen LogP) is 2.12. The van der Waals surface area contributed by atoms with Gasteiger partial charge in [-0.3, -0.25) is 4.79 Å². The fourth-order valence-electron chi connectivity index (χ4n) is 1.51. The van der Waals surface area contributed by atoms with Crippen LogP contribution in [0.15, 0.2) is 18.2 Å². The largest absolute Gasteiger partial charge is 0.497 e. The molecular formula is C13H19NO3. The predicted molar refractivity (Wildman–Crippen MR) is 66.3 cm³/mol. The van der Waals surface area contributed by atoms with E-state index in [1.807, 2.05) is 19.1 Å². The molecule has 0 aliphatic heterocycles. The molecule has 0 bridgehead atoms. The van der Waals surface area contributed by atoms with Crippen molar-refractivity contribution in [1.82, 2.24) is 5.32 Å². The van der Waals surface area contributed by atoms with Crippen LogP contribution in [0.2, 0.25) is 0 Å². The molecule has 0 spiro atoms. The van der Waals surface area contributed by atoms with Gasteiger partial charge in [-0.05, 0) is 18.6 Å². The summed E-state index contributed by atoms with van der Waals surface area (Å²) in [5.41, 5.74) is 0.942. The first-order valence-electron chi connectivity index (χ1n) is 5.68. The summed E-state index contributed by atoms with van der Waals surface area (Å²) in [6, 6.07) is 5.55. The number of carbonyl (C=O) groups excluding carboxylic acids is 1. The zero-order chi connectivity index (χ0) is 12.7. The van der Waals surface area contributed by atoms with Crippen LogP contribution < -0.4 is 14.8 Å². The SMILES string of the molecule is CCCC(=O)NCc1ccc(OC)cc1OC. The highest BCUT2D eigenvalue weighted by Crippen LogP contribution is 2.24. The number of methoxy groups -OCH3 is 2. The van der Waals surface area contributed by atoms with Gasteiger partial charge in [0.25, 0.3) is 0 Å². The van der Waals surface area contributed by atoms with Gasteiger partial charge in [-0.2, -0.15) is 0 Å². The summed E-state index contributed by atoms with van der Waals surface area (Å²) >= 11 is 0. The molecule has 4 nitrogen and oxygen atoms in total. The number of hydrogen-bond donors (Lipinski definition) is 1. The Kier molecular flexibility index (Phi) is 5.33. The van der Waals surface area contributed by atoms with Gasteiger partial charge in [0.05, 0.1) is 14.2 Å². The third-order valence-corrected chi connectivity index (χ3v) is 2.45. The van der Waals surface area contributed by atoms with Crippen LogP contribution in [-0.2, 0) is 11.3 Å². The van der Waals surface area contributed by atoms with E-state index in [1.165, 1.54) is 0 Å². The minimum atomic E-state index is 0.0605. The van der Waals surface area contributed by atoms with Gasteiger partial charge in [-0.25, -0.2) is 0 Å². The molecule has 0 saturated heterocycles. The lowest BCUT2D eigenvalue weighted by Crippen LogP contribution is -2.22. The number of nitrogens with one attached hydrogen (secondary N) is 1. The van der Waals surface area contributed by atoms with E-state index in [-0.39, 0.29) is 5.91 Å². The average molecular weight is 237 g/mol. The van der Waals surface area contributed by atoms with Crippen LogP contribution in [-0.4, -0.2) is 20.1 Å². The molecule has 0 heterocycles. The zero-order valence-electron chi connectivity index (χ0n) is 10.6. The Morgan fingerprint density at radius 2 is 2.06 bits per heavy atom. The second-order valence-electron chi connectivity index (χ2n) is 3.70. The van der Waals surface area contributed by atoms with E-state index in [1.54, 1.807) is 20.3 Å². The fourth-order valence-corrected chi connectivity index (χ4v) is 1.51. The van der Waals surface area contributed by atoms with Gasteiger partial charge in [0.15, 0.2) is 0 Å². The molecule has 94 valence electrons. The van der Waals surface area contributed by atoms with Crippen molar-refractivity contribution in [1.29, 1.82) is 0 Å². The lowest BCUT2D eigenvalue weighted by atomic mass is 10.2. The van der Waals surface area contributed by atoms with E-state index in [4.69, 9.17) is 9.47 Å². The van der Waals surface area contributed by atoms with Crippen molar-refractivity contribution in [3.63, 3.8) is 0 Å². The van der Waals surface area contributed by atoms with Gasteiger partial charge in [-0.1, -0.05) is 6.92 Å². The molecule has 0 unspecified atom stereocenters. The Morgan fingerprint density at radius 3 is 2.65 bits per heavy atom. The van der Waals surface area contributed by atoms with Crippen LogP contribution >= 0.6 is 0 Å². The molecule has 0 fully saturated rings. The number of amides is 1. The number of rotatable bonds is 6. The van der Waals surface area contributed by atoms with Crippen LogP contribution in [0.1, 0.15) is 25.3 Å². The minimum Gasteiger partial charge on any atom is -0.497 e. The molecule has 1 aromatic carbocycles. The topological polar surface area (TPSA) is 47.6 Å². The maximum atomic E-state index is 11.4. The highest BCUT2D eigenvalue weighted by atomic mass is 16.5. The number of benzene rings is 1. The molecule has 0 aliphatic carbocycles. The van der Waals surface area contributed by atoms with Gasteiger partial charge >= 0.3 is 0 Å². The molecule has 0 aliphatic rings. The summed E-state index contributed by atoms with van der Waals surface area (Å²) < 4.78 is 10.4. The summed E-state index contributed by atoms with van der Waals surface area (Å²) in [6.45, 7) is 2.46. The summed E-state index contributed by atoms with van der Waals surface area (Å²) in [7, 11) is 3.21. The van der Waals surface area contributed by atoms with Crippen LogP contribution in [0.3, 0.4) is 0 Å². The van der Waals surface area contributed by atoms with E-state index in [0.29, 0.717) is 13.0 Å². The van der Waals surface area contributed by atoms with Gasteiger partial charge in [0.2, 0.25) is 5.91 Å². The van der Waals surface area contributed by atoms with Crippen molar-refractivity contribution in [2.75, 3.05) is 14.2 Å². The van der Waals surface area contributed by atoms with Crippen LogP contribution in [0.25, 0.3) is 0 Å². The highest BCUT2D eigenvalue weighted by Gasteiger charge is 2.06. The van der Waals surface area contributed by atoms with Crippen LogP contribution in [0, 0.1) is 0 Å². The molecule has 1 aromatic rings. The first-order valence-corrected chi connectivity index (χ1v) is 5.68. The molecule has 1 amide bonds. The van der Waals surface area contributed by atoms with Gasteiger partial charge in [0, 0.05) is 24.6 Å². The van der Waals surface area contributed by atoms with Gasteiger partial charge < -0.3 is 14.8 Å². The smallest absolute Gasteiger partial charge is 0.220 e. The first-order chi connectivity index (χ1) is 8.21. The van der Waals surface area contributed by atoms with E-state index < -0.39 is 0 Å². The Balaban J connectivity index is 2.67. The Labute approximate surface area is 102 Å². The Bertz CT molecular complexity index is 377. The highest BCUT2D eigenvalue weighted by molar-refractivity contribution is 5.75. The van der Waals surface area contributed by atoms with E-state index in [2.05, 4.69) is 5.32 Å². The Hall–Kier alpha value is -1.71. The van der Waals surface area contributed by atoms with E-state index in [0.717, 1.165) is 23.5 Å². The molecule has 17 heavy (non-hydrogen) atoms. The summed E-state index contributed by atoms with van der Waals surface area (Å²) in [5.74, 6) is 1.53. The normalized spacial score (nSPS) is 9.82. The lowest BCUT2D eigenvalue weighted by molar-refractivity contribution is -0.121. The van der Waals surface area contributed by atoms with Crippen molar-refractivity contribution < 1.29 is 14.3 Å². The molecule has 0 saturated carbocycles. The number of ether oxygens (including phenoxy) is 2. The molecule has 0 atom stereocenters. The maximum absolute atomic E-state index is 11.4. The van der Waals surface area contributed by atoms with E-state index in [9.17, 15) is 4.79 Å². The monoisotopic (exact) mass is 237 g/mol. The molecule has 4 heteroatoms. The fraction of sp³-hybridized carbons (Fsp3) is 0.462. The van der Waals surface area contributed by atoms with Gasteiger partial charge in [-0.15, -0.1) is 0 Å². The summed E-state index contributed by atoms with van der Waals surface area (Å²) in [6.07, 6.45) is 1.41. The van der Waals surface area contributed by atoms with Gasteiger partial charge in [0.1, 0.15) is 11.5 Å². The lowest BCUT2D eigenvalue weighted by Gasteiger charge is -2.11. The first kappa shape index (κ1) is 13.4. The van der Waals surface area contributed by atoms with E-state index >= 15 is 0 Å². The molecule has 1 N–H and O–H groups in total. The molecular weight excluding hydrogens is 218 g/mol. The quantitative estimate of drug-likeness (QED) is 0.824. The van der Waals surface area contributed by atoms with Crippen molar-refractivity contribution in [2.45, 2.75) is 26.3 Å². The number of carbonyl (C=O) groups is 1. The van der Waals surface area contributed by atoms with Crippen molar-refractivity contribution in [3.8, 4) is 11.5 Å². The van der Waals surface area contributed by atoms with Crippen molar-refractivity contribution in [3.05, 3.63) is 23.8 Å². The van der Waals surface area contributed by atoms with Crippen LogP contribution in [0.4, 0.5) is 0 Å². The summed E-state index contributed by atoms with van der Waals surface area (Å²) in [4.78, 5) is 11.4. The average Bonchev–Trinajstić information content (AvgIpc) is 2.36. The molecule has 1 rings (SSSR count). The third kappa shape index (κ3) is 3.98. The van der Waals surface area contributed by atoms with Crippen molar-refractivity contribution in [2.24, 2.45) is 0 Å². The number of hydrogen-bond acceptors (Lipinski definition) is 3. The second kappa shape index (κ2) is 6.78. The van der Waals surface area contributed by atoms with Crippen LogP contribution in [0.5, 0.6) is 11.5 Å². The molecule has 0 radical (unpaired) electrons. The zero-order valence-corrected chi connectivity index (χ0v) is 10.6. The summed E-state index contributed by atoms with van der Waals surface area (Å²) in [5, 5.41) is 2.85. The minimum absolute atomic E-state index is 0.0605. The third-order valence-electron chi connectivity index (χ3n) is 2.45. The molecule has 0 aromatic heterocycles. The Morgan fingerprint density at radius 1 is 1.29 bits per heavy atom. The maximum Gasteiger partial charge on any atom is 0.220 e. The van der Waals surface area contributed by atoms with Crippen molar-refractivity contribution >= 4 is 5.91 Å². The second-order valence-corrected chi connectivity index (χ2v) is 3.70.